The summed E-state index contributed by atoms with van der Waals surface area (Å²) in [4.78, 5) is 22.9. The summed E-state index contributed by atoms with van der Waals surface area (Å²) < 4.78 is 25.7. The molecule has 1 aliphatic carbocycles. The topological polar surface area (TPSA) is 66.4 Å². The van der Waals surface area contributed by atoms with Gasteiger partial charge in [-0.15, -0.1) is 0 Å². The summed E-state index contributed by atoms with van der Waals surface area (Å²) in [6.45, 7) is 3.36. The number of hydrogen-bond acceptors (Lipinski definition) is 2. The molecule has 19 heavy (non-hydrogen) atoms. The van der Waals surface area contributed by atoms with E-state index in [1.165, 1.54) is 6.07 Å². The molecule has 1 aromatic carbocycles. The molecule has 0 unspecified atom stereocenters. The van der Waals surface area contributed by atoms with Crippen molar-refractivity contribution in [2.75, 3.05) is 5.32 Å². The standard InChI is InChI=1S/C13H13F2NO3/c1-13(2)9(10(13)12(18)19)11(17)16-6-3-4-7(14)8(15)5-6/h3-5,9-10H,1-2H3,(H,16,17)(H,18,19)/t9-,10+/m1/s1. The highest BCUT2D eigenvalue weighted by atomic mass is 19.2. The number of hydrogen-bond donors (Lipinski definition) is 2. The SMILES string of the molecule is CC1(C)[C@H](C(=O)O)[C@@H]1C(=O)Nc1ccc(F)c(F)c1. The van der Waals surface area contributed by atoms with Crippen LogP contribution in [-0.2, 0) is 9.59 Å². The number of carboxylic acid groups (broad SMARTS) is 1. The maximum Gasteiger partial charge on any atom is 0.307 e. The summed E-state index contributed by atoms with van der Waals surface area (Å²) in [5, 5.41) is 11.4. The molecule has 0 spiro atoms. The smallest absolute Gasteiger partial charge is 0.307 e. The predicted octanol–water partition coefficient (Wildman–Crippen LogP) is 2.26. The van der Waals surface area contributed by atoms with Crippen LogP contribution in [0.25, 0.3) is 0 Å². The van der Waals surface area contributed by atoms with Gasteiger partial charge in [0, 0.05) is 11.8 Å². The van der Waals surface area contributed by atoms with Crippen molar-refractivity contribution in [2.45, 2.75) is 13.8 Å². The van der Waals surface area contributed by atoms with Crippen LogP contribution in [0, 0.1) is 28.9 Å². The average molecular weight is 269 g/mol. The van der Waals surface area contributed by atoms with Crippen LogP contribution in [0.15, 0.2) is 18.2 Å². The highest BCUT2D eigenvalue weighted by Crippen LogP contribution is 2.58. The minimum absolute atomic E-state index is 0.107. The Morgan fingerprint density at radius 2 is 1.84 bits per heavy atom. The molecule has 0 saturated heterocycles. The van der Waals surface area contributed by atoms with Crippen LogP contribution in [0.3, 0.4) is 0 Å². The molecule has 102 valence electrons. The first-order valence-electron chi connectivity index (χ1n) is 5.74. The van der Waals surface area contributed by atoms with Gasteiger partial charge in [0.15, 0.2) is 11.6 Å². The molecule has 2 rings (SSSR count). The van der Waals surface area contributed by atoms with Crippen LogP contribution < -0.4 is 5.32 Å². The van der Waals surface area contributed by atoms with Crippen molar-refractivity contribution in [1.29, 1.82) is 0 Å². The van der Waals surface area contributed by atoms with Crippen molar-refractivity contribution >= 4 is 17.6 Å². The molecule has 0 aliphatic heterocycles. The molecule has 4 nitrogen and oxygen atoms in total. The van der Waals surface area contributed by atoms with Crippen LogP contribution in [0.4, 0.5) is 14.5 Å². The molecule has 0 radical (unpaired) electrons. The monoisotopic (exact) mass is 269 g/mol. The number of halogens is 2. The first-order valence-corrected chi connectivity index (χ1v) is 5.74. The molecule has 2 atom stereocenters. The number of carbonyl (C=O) groups is 2. The molecular formula is C13H13F2NO3. The zero-order chi connectivity index (χ0) is 14.4. The number of anilines is 1. The second-order valence-electron chi connectivity index (χ2n) is 5.23. The van der Waals surface area contributed by atoms with Crippen molar-refractivity contribution in [1.82, 2.24) is 0 Å². The van der Waals surface area contributed by atoms with Crippen LogP contribution >= 0.6 is 0 Å². The zero-order valence-corrected chi connectivity index (χ0v) is 10.4. The van der Waals surface area contributed by atoms with Gasteiger partial charge in [0.05, 0.1) is 11.8 Å². The molecular weight excluding hydrogens is 256 g/mol. The Morgan fingerprint density at radius 3 is 2.32 bits per heavy atom. The third-order valence-electron chi connectivity index (χ3n) is 3.56. The van der Waals surface area contributed by atoms with Gasteiger partial charge in [-0.3, -0.25) is 9.59 Å². The Hall–Kier alpha value is -1.98. The Morgan fingerprint density at radius 1 is 1.21 bits per heavy atom. The van der Waals surface area contributed by atoms with Gasteiger partial charge in [-0.1, -0.05) is 13.8 Å². The van der Waals surface area contributed by atoms with E-state index in [-0.39, 0.29) is 5.69 Å². The zero-order valence-electron chi connectivity index (χ0n) is 10.4. The third-order valence-corrected chi connectivity index (χ3v) is 3.56. The highest BCUT2D eigenvalue weighted by Gasteiger charge is 2.65. The highest BCUT2D eigenvalue weighted by molar-refractivity contribution is 5.99. The van der Waals surface area contributed by atoms with Gasteiger partial charge in [-0.05, 0) is 17.5 Å². The van der Waals surface area contributed by atoms with E-state index in [0.29, 0.717) is 0 Å². The molecule has 1 fully saturated rings. The normalized spacial score (nSPS) is 23.8. The fourth-order valence-electron chi connectivity index (χ4n) is 2.38. The van der Waals surface area contributed by atoms with E-state index in [4.69, 9.17) is 5.11 Å². The molecule has 0 bridgehead atoms. The molecule has 1 amide bonds. The predicted molar refractivity (Wildman–Crippen MR) is 63.4 cm³/mol. The van der Waals surface area contributed by atoms with Crippen molar-refractivity contribution < 1.29 is 23.5 Å². The van der Waals surface area contributed by atoms with Crippen molar-refractivity contribution in [3.05, 3.63) is 29.8 Å². The van der Waals surface area contributed by atoms with E-state index in [0.717, 1.165) is 12.1 Å². The molecule has 0 aromatic heterocycles. The summed E-state index contributed by atoms with van der Waals surface area (Å²) >= 11 is 0. The van der Waals surface area contributed by atoms with E-state index in [2.05, 4.69) is 5.32 Å². The molecule has 0 heterocycles. The quantitative estimate of drug-likeness (QED) is 0.884. The van der Waals surface area contributed by atoms with Gasteiger partial charge >= 0.3 is 5.97 Å². The first-order chi connectivity index (χ1) is 8.75. The summed E-state index contributed by atoms with van der Waals surface area (Å²) in [6.07, 6.45) is 0. The van der Waals surface area contributed by atoms with Gasteiger partial charge in [-0.25, -0.2) is 8.78 Å². The number of rotatable bonds is 3. The minimum Gasteiger partial charge on any atom is -0.481 e. The molecule has 1 saturated carbocycles. The first kappa shape index (κ1) is 13.5. The van der Waals surface area contributed by atoms with Crippen LogP contribution in [0.2, 0.25) is 0 Å². The Labute approximate surface area is 108 Å². The Kier molecular flexibility index (Phi) is 3.04. The maximum atomic E-state index is 13.0. The summed E-state index contributed by atoms with van der Waals surface area (Å²) in [5.74, 6) is -5.02. The number of carbonyl (C=O) groups excluding carboxylic acids is 1. The lowest BCUT2D eigenvalue weighted by atomic mass is 10.1. The van der Waals surface area contributed by atoms with Crippen LogP contribution in [-0.4, -0.2) is 17.0 Å². The molecule has 1 aliphatic rings. The molecule has 1 aromatic rings. The molecule has 2 N–H and O–H groups in total. The van der Waals surface area contributed by atoms with E-state index in [1.807, 2.05) is 0 Å². The minimum atomic E-state index is -1.07. The van der Waals surface area contributed by atoms with Crippen LogP contribution in [0.1, 0.15) is 13.8 Å². The van der Waals surface area contributed by atoms with Gasteiger partial charge in [0.2, 0.25) is 5.91 Å². The number of nitrogens with one attached hydrogen (secondary N) is 1. The van der Waals surface area contributed by atoms with Crippen molar-refractivity contribution in [3.8, 4) is 0 Å². The van der Waals surface area contributed by atoms with Crippen molar-refractivity contribution in [3.63, 3.8) is 0 Å². The number of carboxylic acids is 1. The lowest BCUT2D eigenvalue weighted by Gasteiger charge is -2.06. The van der Waals surface area contributed by atoms with E-state index >= 15 is 0 Å². The lowest BCUT2D eigenvalue weighted by molar-refractivity contribution is -0.140. The van der Waals surface area contributed by atoms with Crippen molar-refractivity contribution in [2.24, 2.45) is 17.3 Å². The Bertz CT molecular complexity index is 557. The average Bonchev–Trinajstić information content (AvgIpc) is 2.87. The van der Waals surface area contributed by atoms with Crippen LogP contribution in [0.5, 0.6) is 0 Å². The number of benzene rings is 1. The fourth-order valence-corrected chi connectivity index (χ4v) is 2.38. The summed E-state index contributed by atoms with van der Waals surface area (Å²) in [7, 11) is 0. The lowest BCUT2D eigenvalue weighted by Crippen LogP contribution is -2.17. The maximum absolute atomic E-state index is 13.0. The van der Waals surface area contributed by atoms with Gasteiger partial charge in [-0.2, -0.15) is 0 Å². The van der Waals surface area contributed by atoms with Gasteiger partial charge in [0.1, 0.15) is 0 Å². The number of aliphatic carboxylic acids is 1. The van der Waals surface area contributed by atoms with E-state index in [1.54, 1.807) is 13.8 Å². The summed E-state index contributed by atoms with van der Waals surface area (Å²) in [5.41, 5.74) is -0.523. The fraction of sp³-hybridized carbons (Fsp3) is 0.385. The Balaban J connectivity index is 2.10. The summed E-state index contributed by atoms with van der Waals surface area (Å²) in [6, 6.07) is 2.98. The number of amides is 1. The van der Waals surface area contributed by atoms with E-state index < -0.39 is 40.8 Å². The van der Waals surface area contributed by atoms with Gasteiger partial charge in [0.25, 0.3) is 0 Å². The molecule has 6 heteroatoms. The second-order valence-corrected chi connectivity index (χ2v) is 5.23. The van der Waals surface area contributed by atoms with Gasteiger partial charge < -0.3 is 10.4 Å². The van der Waals surface area contributed by atoms with E-state index in [9.17, 15) is 18.4 Å². The second kappa shape index (κ2) is 4.29. The largest absolute Gasteiger partial charge is 0.481 e. The third kappa shape index (κ3) is 2.30.